The highest BCUT2D eigenvalue weighted by Crippen LogP contribution is 2.37. The summed E-state index contributed by atoms with van der Waals surface area (Å²) in [5, 5.41) is 13.8. The molecule has 12 heteroatoms. The van der Waals surface area contributed by atoms with Gasteiger partial charge in [-0.05, 0) is 36.8 Å². The van der Waals surface area contributed by atoms with E-state index in [1.54, 1.807) is 26.8 Å². The summed E-state index contributed by atoms with van der Waals surface area (Å²) in [5.74, 6) is -1.28. The van der Waals surface area contributed by atoms with Crippen molar-refractivity contribution in [1.82, 2.24) is 4.31 Å². The minimum Gasteiger partial charge on any atom is -0.462 e. The number of ether oxygens (including phenoxy) is 1. The van der Waals surface area contributed by atoms with Crippen molar-refractivity contribution in [2.24, 2.45) is 0 Å². The molecular weight excluding hydrogens is 506 g/mol. The number of carbonyl (C=O) groups is 2. The number of nitro benzene ring substituents is 1. The van der Waals surface area contributed by atoms with Gasteiger partial charge >= 0.3 is 5.97 Å². The van der Waals surface area contributed by atoms with Crippen LogP contribution in [0.1, 0.15) is 40.8 Å². The number of nitrogens with one attached hydrogen (secondary N) is 1. The second-order valence-electron chi connectivity index (χ2n) is 7.45. The number of anilines is 1. The summed E-state index contributed by atoms with van der Waals surface area (Å²) < 4.78 is 32.1. The van der Waals surface area contributed by atoms with Crippen molar-refractivity contribution in [2.75, 3.05) is 25.0 Å². The van der Waals surface area contributed by atoms with Crippen LogP contribution < -0.4 is 5.32 Å². The Bertz CT molecular complexity index is 1400. The molecule has 0 saturated carbocycles. The van der Waals surface area contributed by atoms with Gasteiger partial charge in [-0.25, -0.2) is 13.2 Å². The van der Waals surface area contributed by atoms with Crippen LogP contribution in [0, 0.1) is 10.1 Å². The van der Waals surface area contributed by atoms with E-state index in [2.05, 4.69) is 5.32 Å². The molecule has 0 aliphatic rings. The highest BCUT2D eigenvalue weighted by Gasteiger charge is 2.24. The van der Waals surface area contributed by atoms with E-state index in [-0.39, 0.29) is 46.4 Å². The zero-order chi connectivity index (χ0) is 26.5. The highest BCUT2D eigenvalue weighted by atomic mass is 32.2. The van der Waals surface area contributed by atoms with Gasteiger partial charge < -0.3 is 10.1 Å². The fraction of sp³-hybridized carbons (Fsp3) is 0.250. The van der Waals surface area contributed by atoms with Gasteiger partial charge in [0.05, 0.1) is 22.1 Å². The van der Waals surface area contributed by atoms with E-state index in [4.69, 9.17) is 4.74 Å². The standard InChI is InChI=1S/C24H25N3O7S2/c1-4-26(5-2)36(32,33)19-12-8-10-17(14-19)23(28)25-20-15-21(35-22(20)24(29)34-6-3)16-9-7-11-18(13-16)27(30)31/h7-15H,4-6H2,1-3H3,(H,25,28). The first-order valence-electron chi connectivity index (χ1n) is 11.1. The quantitative estimate of drug-likeness (QED) is 0.226. The number of benzene rings is 2. The van der Waals surface area contributed by atoms with E-state index >= 15 is 0 Å². The number of sulfonamides is 1. The summed E-state index contributed by atoms with van der Waals surface area (Å²) in [4.78, 5) is 36.9. The fourth-order valence-electron chi connectivity index (χ4n) is 3.45. The van der Waals surface area contributed by atoms with Crippen LogP contribution in [-0.4, -0.2) is 49.2 Å². The lowest BCUT2D eigenvalue weighted by Crippen LogP contribution is -2.30. The van der Waals surface area contributed by atoms with Crippen LogP contribution in [0.3, 0.4) is 0 Å². The topological polar surface area (TPSA) is 136 Å². The third kappa shape index (κ3) is 5.78. The molecule has 0 fully saturated rings. The smallest absolute Gasteiger partial charge is 0.350 e. The lowest BCUT2D eigenvalue weighted by molar-refractivity contribution is -0.384. The van der Waals surface area contributed by atoms with Gasteiger partial charge in [-0.2, -0.15) is 4.31 Å². The number of nitrogens with zero attached hydrogens (tertiary/aromatic N) is 2. The predicted octanol–water partition coefficient (Wildman–Crippen LogP) is 4.78. The number of esters is 1. The second-order valence-corrected chi connectivity index (χ2v) is 10.4. The lowest BCUT2D eigenvalue weighted by Gasteiger charge is -2.18. The van der Waals surface area contributed by atoms with Crippen molar-refractivity contribution < 1.29 is 27.7 Å². The molecule has 0 aliphatic carbocycles. The molecule has 1 aromatic heterocycles. The molecule has 0 aliphatic heterocycles. The summed E-state index contributed by atoms with van der Waals surface area (Å²) in [5.41, 5.74) is 0.617. The first kappa shape index (κ1) is 27.0. The van der Waals surface area contributed by atoms with Crippen LogP contribution in [0.5, 0.6) is 0 Å². The molecule has 190 valence electrons. The molecule has 2 aromatic carbocycles. The number of amides is 1. The molecule has 36 heavy (non-hydrogen) atoms. The minimum atomic E-state index is -3.78. The Morgan fingerprint density at radius 3 is 2.39 bits per heavy atom. The van der Waals surface area contributed by atoms with Crippen LogP contribution in [0.4, 0.5) is 11.4 Å². The van der Waals surface area contributed by atoms with E-state index in [1.165, 1.54) is 52.8 Å². The summed E-state index contributed by atoms with van der Waals surface area (Å²) in [6.07, 6.45) is 0. The van der Waals surface area contributed by atoms with Gasteiger partial charge in [-0.15, -0.1) is 11.3 Å². The van der Waals surface area contributed by atoms with Gasteiger partial charge in [0.2, 0.25) is 10.0 Å². The van der Waals surface area contributed by atoms with Crippen molar-refractivity contribution in [1.29, 1.82) is 0 Å². The Morgan fingerprint density at radius 2 is 1.75 bits per heavy atom. The molecule has 0 radical (unpaired) electrons. The normalized spacial score (nSPS) is 11.3. The van der Waals surface area contributed by atoms with Crippen molar-refractivity contribution in [3.63, 3.8) is 0 Å². The van der Waals surface area contributed by atoms with Crippen LogP contribution >= 0.6 is 11.3 Å². The van der Waals surface area contributed by atoms with Crippen molar-refractivity contribution >= 4 is 44.6 Å². The summed E-state index contributed by atoms with van der Waals surface area (Å²) in [6.45, 7) is 5.78. The van der Waals surface area contributed by atoms with Crippen molar-refractivity contribution in [2.45, 2.75) is 25.7 Å². The van der Waals surface area contributed by atoms with Crippen molar-refractivity contribution in [3.8, 4) is 10.4 Å². The average Bonchev–Trinajstić information content (AvgIpc) is 3.29. The van der Waals surface area contributed by atoms with Gasteiger partial charge in [0, 0.05) is 35.7 Å². The zero-order valence-corrected chi connectivity index (χ0v) is 21.5. The number of nitro groups is 1. The van der Waals surface area contributed by atoms with E-state index < -0.39 is 26.8 Å². The van der Waals surface area contributed by atoms with Gasteiger partial charge in [0.25, 0.3) is 11.6 Å². The SMILES string of the molecule is CCOC(=O)c1sc(-c2cccc([N+](=O)[O-])c2)cc1NC(=O)c1cccc(S(=O)(=O)N(CC)CC)c1. The third-order valence-electron chi connectivity index (χ3n) is 5.22. The van der Waals surface area contributed by atoms with Gasteiger partial charge in [0.1, 0.15) is 4.88 Å². The largest absolute Gasteiger partial charge is 0.462 e. The van der Waals surface area contributed by atoms with Crippen LogP contribution in [-0.2, 0) is 14.8 Å². The van der Waals surface area contributed by atoms with E-state index in [0.29, 0.717) is 10.4 Å². The molecule has 0 unspecified atom stereocenters. The molecule has 1 heterocycles. The number of thiophene rings is 1. The highest BCUT2D eigenvalue weighted by molar-refractivity contribution is 7.89. The molecule has 1 N–H and O–H groups in total. The number of hydrogen-bond acceptors (Lipinski definition) is 8. The third-order valence-corrected chi connectivity index (χ3v) is 8.43. The molecule has 0 bridgehead atoms. The fourth-order valence-corrected chi connectivity index (χ4v) is 5.96. The second kappa shape index (κ2) is 11.4. The molecule has 0 saturated heterocycles. The van der Waals surface area contributed by atoms with E-state index in [9.17, 15) is 28.1 Å². The molecule has 1 amide bonds. The monoisotopic (exact) mass is 531 g/mol. The summed E-state index contributed by atoms with van der Waals surface area (Å²) in [6, 6.07) is 13.1. The molecule has 3 aromatic rings. The van der Waals surface area contributed by atoms with Crippen LogP contribution in [0.2, 0.25) is 0 Å². The van der Waals surface area contributed by atoms with E-state index in [1.807, 2.05) is 0 Å². The Hall–Kier alpha value is -3.61. The summed E-state index contributed by atoms with van der Waals surface area (Å²) >= 11 is 1.02. The van der Waals surface area contributed by atoms with Crippen LogP contribution in [0.25, 0.3) is 10.4 Å². The van der Waals surface area contributed by atoms with Gasteiger partial charge in [-0.1, -0.05) is 32.0 Å². The number of non-ortho nitro benzene ring substituents is 1. The van der Waals surface area contributed by atoms with Gasteiger partial charge in [-0.3, -0.25) is 14.9 Å². The maximum Gasteiger partial charge on any atom is 0.350 e. The van der Waals surface area contributed by atoms with E-state index in [0.717, 1.165) is 11.3 Å². The zero-order valence-electron chi connectivity index (χ0n) is 19.9. The molecule has 0 atom stereocenters. The summed E-state index contributed by atoms with van der Waals surface area (Å²) in [7, 11) is -3.78. The maximum atomic E-state index is 13.1. The Balaban J connectivity index is 1.98. The minimum absolute atomic E-state index is 0.0212. The molecule has 0 spiro atoms. The first-order valence-corrected chi connectivity index (χ1v) is 13.3. The Kier molecular flexibility index (Phi) is 8.56. The lowest BCUT2D eigenvalue weighted by atomic mass is 10.1. The van der Waals surface area contributed by atoms with Gasteiger partial charge in [0.15, 0.2) is 0 Å². The molecule has 10 nitrogen and oxygen atoms in total. The van der Waals surface area contributed by atoms with Crippen molar-refractivity contribution in [3.05, 3.63) is 75.2 Å². The Labute approximate surface area is 212 Å². The first-order chi connectivity index (χ1) is 17.1. The average molecular weight is 532 g/mol. The number of hydrogen-bond donors (Lipinski definition) is 1. The maximum absolute atomic E-state index is 13.1. The number of carbonyl (C=O) groups excluding carboxylic acids is 2. The Morgan fingerprint density at radius 1 is 1.06 bits per heavy atom. The molecular formula is C24H25N3O7S2. The number of rotatable bonds is 10. The molecule has 3 rings (SSSR count). The van der Waals surface area contributed by atoms with Crippen LogP contribution in [0.15, 0.2) is 59.5 Å². The predicted molar refractivity (Wildman–Crippen MR) is 137 cm³/mol.